The lowest BCUT2D eigenvalue weighted by Crippen LogP contribution is -2.50. The predicted molar refractivity (Wildman–Crippen MR) is 57.1 cm³/mol. The first-order chi connectivity index (χ1) is 6.65. The molecule has 3 N–H and O–H groups in total. The Hall–Kier alpha value is -0.120. The van der Waals surface area contributed by atoms with Crippen molar-refractivity contribution in [2.75, 3.05) is 6.61 Å². The van der Waals surface area contributed by atoms with Crippen LogP contribution in [0.5, 0.6) is 0 Å². The Morgan fingerprint density at radius 2 is 1.93 bits per heavy atom. The van der Waals surface area contributed by atoms with E-state index >= 15 is 0 Å². The smallest absolute Gasteiger partial charge is 0.0693 e. The number of nitrogens with one attached hydrogen (secondary N) is 1. The molecule has 1 rings (SSSR count). The molecule has 0 saturated heterocycles. The van der Waals surface area contributed by atoms with Gasteiger partial charge in [-0.3, -0.25) is 0 Å². The van der Waals surface area contributed by atoms with E-state index in [-0.39, 0.29) is 24.8 Å². The van der Waals surface area contributed by atoms with Gasteiger partial charge in [-0.25, -0.2) is 0 Å². The van der Waals surface area contributed by atoms with E-state index in [0.717, 1.165) is 19.3 Å². The second-order valence-corrected chi connectivity index (χ2v) is 4.66. The molecule has 1 saturated carbocycles. The first kappa shape index (κ1) is 12.0. The summed E-state index contributed by atoms with van der Waals surface area (Å²) >= 11 is 0. The zero-order valence-electron chi connectivity index (χ0n) is 9.24. The highest BCUT2D eigenvalue weighted by Crippen LogP contribution is 2.19. The molecule has 1 fully saturated rings. The summed E-state index contributed by atoms with van der Waals surface area (Å²) in [5.74, 6) is 0.411. The van der Waals surface area contributed by atoms with E-state index in [1.54, 1.807) is 0 Å². The summed E-state index contributed by atoms with van der Waals surface area (Å²) in [4.78, 5) is 0. The number of hydrogen-bond donors (Lipinski definition) is 3. The fourth-order valence-electron chi connectivity index (χ4n) is 2.04. The molecule has 0 spiro atoms. The Kier molecular flexibility index (Phi) is 4.85. The topological polar surface area (TPSA) is 52.5 Å². The van der Waals surface area contributed by atoms with E-state index in [9.17, 15) is 5.11 Å². The third kappa shape index (κ3) is 3.23. The van der Waals surface area contributed by atoms with Crippen LogP contribution in [-0.2, 0) is 0 Å². The fraction of sp³-hybridized carbons (Fsp3) is 1.00. The summed E-state index contributed by atoms with van der Waals surface area (Å²) in [6.45, 7) is 4.33. The average Bonchev–Trinajstić information content (AvgIpc) is 2.16. The molecule has 0 aromatic heterocycles. The van der Waals surface area contributed by atoms with E-state index in [1.165, 1.54) is 6.42 Å². The Morgan fingerprint density at radius 3 is 2.43 bits per heavy atom. The van der Waals surface area contributed by atoms with Crippen molar-refractivity contribution in [3.63, 3.8) is 0 Å². The van der Waals surface area contributed by atoms with Crippen LogP contribution in [0.3, 0.4) is 0 Å². The monoisotopic (exact) mass is 201 g/mol. The lowest BCUT2D eigenvalue weighted by molar-refractivity contribution is 0.0725. The van der Waals surface area contributed by atoms with Crippen molar-refractivity contribution >= 4 is 0 Å². The fourth-order valence-corrected chi connectivity index (χ4v) is 2.04. The van der Waals surface area contributed by atoms with Gasteiger partial charge in [-0.05, 0) is 18.8 Å². The SMILES string of the molecule is CC(C)[C@@H](CO)NC1CCCCC1O. The van der Waals surface area contributed by atoms with Crippen LogP contribution in [0.4, 0.5) is 0 Å². The molecule has 1 aliphatic carbocycles. The van der Waals surface area contributed by atoms with E-state index in [1.807, 2.05) is 0 Å². The van der Waals surface area contributed by atoms with Gasteiger partial charge in [0.25, 0.3) is 0 Å². The minimum absolute atomic E-state index is 0.118. The van der Waals surface area contributed by atoms with Crippen molar-refractivity contribution in [3.05, 3.63) is 0 Å². The maximum atomic E-state index is 9.75. The van der Waals surface area contributed by atoms with Gasteiger partial charge < -0.3 is 15.5 Å². The van der Waals surface area contributed by atoms with Crippen LogP contribution in [0.25, 0.3) is 0 Å². The zero-order chi connectivity index (χ0) is 10.6. The van der Waals surface area contributed by atoms with Crippen molar-refractivity contribution in [1.82, 2.24) is 5.32 Å². The van der Waals surface area contributed by atoms with E-state index in [2.05, 4.69) is 19.2 Å². The van der Waals surface area contributed by atoms with E-state index in [4.69, 9.17) is 5.11 Å². The molecule has 3 atom stereocenters. The molecular weight excluding hydrogens is 178 g/mol. The Labute approximate surface area is 86.5 Å². The number of aliphatic hydroxyl groups excluding tert-OH is 2. The van der Waals surface area contributed by atoms with E-state index in [0.29, 0.717) is 5.92 Å². The lowest BCUT2D eigenvalue weighted by atomic mass is 9.91. The van der Waals surface area contributed by atoms with Crippen molar-refractivity contribution in [1.29, 1.82) is 0 Å². The number of aliphatic hydroxyl groups is 2. The van der Waals surface area contributed by atoms with Gasteiger partial charge in [0, 0.05) is 12.1 Å². The maximum absolute atomic E-state index is 9.75. The Morgan fingerprint density at radius 1 is 1.29 bits per heavy atom. The average molecular weight is 201 g/mol. The van der Waals surface area contributed by atoms with Crippen LogP contribution in [0.15, 0.2) is 0 Å². The summed E-state index contributed by atoms with van der Waals surface area (Å²) in [7, 11) is 0. The first-order valence-electron chi connectivity index (χ1n) is 5.70. The normalized spacial score (nSPS) is 30.6. The summed E-state index contributed by atoms with van der Waals surface area (Å²) < 4.78 is 0. The molecule has 0 amide bonds. The van der Waals surface area contributed by atoms with Crippen molar-refractivity contribution < 1.29 is 10.2 Å². The summed E-state index contributed by atoms with van der Waals surface area (Å²) in [5, 5.41) is 22.3. The molecule has 84 valence electrons. The largest absolute Gasteiger partial charge is 0.395 e. The molecule has 0 radical (unpaired) electrons. The highest BCUT2D eigenvalue weighted by molar-refractivity contribution is 4.84. The van der Waals surface area contributed by atoms with Crippen LogP contribution < -0.4 is 5.32 Å². The summed E-state index contributed by atoms with van der Waals surface area (Å²) in [6.07, 6.45) is 4.02. The molecule has 0 aliphatic heterocycles. The van der Waals surface area contributed by atoms with Gasteiger partial charge in [-0.2, -0.15) is 0 Å². The highest BCUT2D eigenvalue weighted by atomic mass is 16.3. The highest BCUT2D eigenvalue weighted by Gasteiger charge is 2.25. The first-order valence-corrected chi connectivity index (χ1v) is 5.70. The van der Waals surface area contributed by atoms with Crippen LogP contribution in [0.2, 0.25) is 0 Å². The van der Waals surface area contributed by atoms with Gasteiger partial charge in [-0.15, -0.1) is 0 Å². The van der Waals surface area contributed by atoms with Crippen LogP contribution in [-0.4, -0.2) is 35.0 Å². The second kappa shape index (κ2) is 5.69. The molecule has 2 unspecified atom stereocenters. The van der Waals surface area contributed by atoms with Gasteiger partial charge in [0.1, 0.15) is 0 Å². The number of rotatable bonds is 4. The molecule has 0 bridgehead atoms. The Bertz CT molecular complexity index is 161. The second-order valence-electron chi connectivity index (χ2n) is 4.66. The molecule has 3 heteroatoms. The molecule has 0 aromatic carbocycles. The molecule has 3 nitrogen and oxygen atoms in total. The zero-order valence-corrected chi connectivity index (χ0v) is 9.24. The van der Waals surface area contributed by atoms with Gasteiger partial charge >= 0.3 is 0 Å². The lowest BCUT2D eigenvalue weighted by Gasteiger charge is -2.33. The quantitative estimate of drug-likeness (QED) is 0.633. The van der Waals surface area contributed by atoms with Crippen LogP contribution in [0.1, 0.15) is 39.5 Å². The van der Waals surface area contributed by atoms with E-state index < -0.39 is 0 Å². The molecule has 0 aromatic rings. The third-order valence-electron chi connectivity index (χ3n) is 3.16. The molecule has 0 heterocycles. The van der Waals surface area contributed by atoms with Gasteiger partial charge in [0.2, 0.25) is 0 Å². The van der Waals surface area contributed by atoms with Crippen LogP contribution in [0, 0.1) is 5.92 Å². The van der Waals surface area contributed by atoms with Gasteiger partial charge in [-0.1, -0.05) is 26.7 Å². The maximum Gasteiger partial charge on any atom is 0.0693 e. The minimum Gasteiger partial charge on any atom is -0.395 e. The van der Waals surface area contributed by atoms with Crippen LogP contribution >= 0.6 is 0 Å². The van der Waals surface area contributed by atoms with Crippen molar-refractivity contribution in [3.8, 4) is 0 Å². The van der Waals surface area contributed by atoms with Crippen molar-refractivity contribution in [2.24, 2.45) is 5.92 Å². The van der Waals surface area contributed by atoms with Crippen molar-refractivity contribution in [2.45, 2.75) is 57.7 Å². The molecule has 14 heavy (non-hydrogen) atoms. The molecule has 1 aliphatic rings. The third-order valence-corrected chi connectivity index (χ3v) is 3.16. The summed E-state index contributed by atoms with van der Waals surface area (Å²) in [5.41, 5.74) is 0. The Balaban J connectivity index is 2.39. The summed E-state index contributed by atoms with van der Waals surface area (Å²) in [6, 6.07) is 0.302. The standard InChI is InChI=1S/C11H23NO2/c1-8(2)10(7-13)12-9-5-3-4-6-11(9)14/h8-14H,3-7H2,1-2H3/t9?,10-,11?/m1/s1. The minimum atomic E-state index is -0.225. The van der Waals surface area contributed by atoms with Gasteiger partial charge in [0.05, 0.1) is 12.7 Å². The van der Waals surface area contributed by atoms with Gasteiger partial charge in [0.15, 0.2) is 0 Å². The predicted octanol–water partition coefficient (Wildman–Crippen LogP) is 0.896. The molecular formula is C11H23NO2. The number of hydrogen-bond acceptors (Lipinski definition) is 3.